The van der Waals surface area contributed by atoms with E-state index in [0.717, 1.165) is 57.4 Å². The molecule has 3 aromatic carbocycles. The van der Waals surface area contributed by atoms with Gasteiger partial charge in [0.2, 0.25) is 0 Å². The van der Waals surface area contributed by atoms with Gasteiger partial charge in [-0.2, -0.15) is 0 Å². The molecule has 11 heteroatoms. The first-order valence-corrected chi connectivity index (χ1v) is 14.6. The third kappa shape index (κ3) is 7.22. The molecule has 1 fully saturated rings. The van der Waals surface area contributed by atoms with Gasteiger partial charge in [0.15, 0.2) is 0 Å². The summed E-state index contributed by atoms with van der Waals surface area (Å²) >= 11 is 2.21. The lowest BCUT2D eigenvalue weighted by Gasteiger charge is -2.32. The summed E-state index contributed by atoms with van der Waals surface area (Å²) in [5.41, 5.74) is 13.5. The number of carbonyl (C=O) groups excluding carboxylic acids is 2. The van der Waals surface area contributed by atoms with Gasteiger partial charge in [-0.25, -0.2) is 14.8 Å². The van der Waals surface area contributed by atoms with E-state index in [-0.39, 0.29) is 23.8 Å². The Balaban J connectivity index is 1.12. The van der Waals surface area contributed by atoms with Crippen molar-refractivity contribution in [2.45, 2.75) is 31.7 Å². The van der Waals surface area contributed by atoms with E-state index in [1.54, 1.807) is 0 Å². The van der Waals surface area contributed by atoms with Crippen LogP contribution in [0.25, 0.3) is 11.0 Å². The van der Waals surface area contributed by atoms with Gasteiger partial charge in [0.1, 0.15) is 11.7 Å². The van der Waals surface area contributed by atoms with Gasteiger partial charge in [-0.3, -0.25) is 15.6 Å². The Hall–Kier alpha value is -3.97. The Morgan fingerprint density at radius 3 is 2.46 bits per heavy atom. The average molecular weight is 665 g/mol. The third-order valence-corrected chi connectivity index (χ3v) is 7.98. The van der Waals surface area contributed by atoms with Crippen LogP contribution in [0, 0.1) is 8.98 Å². The van der Waals surface area contributed by atoms with Gasteiger partial charge < -0.3 is 20.9 Å². The number of hydrazine groups is 1. The van der Waals surface area contributed by atoms with Crippen LogP contribution in [0.1, 0.15) is 40.2 Å². The lowest BCUT2D eigenvalue weighted by atomic mass is 10.1. The maximum absolute atomic E-state index is 13.0. The number of hydrogen-bond donors (Lipinski definition) is 5. The first-order valence-electron chi connectivity index (χ1n) is 13.5. The third-order valence-electron chi connectivity index (χ3n) is 7.31. The zero-order valence-electron chi connectivity index (χ0n) is 22.8. The van der Waals surface area contributed by atoms with Crippen LogP contribution >= 0.6 is 22.6 Å². The molecule has 10 nitrogen and oxygen atoms in total. The number of benzene rings is 3. The van der Waals surface area contributed by atoms with Gasteiger partial charge in [-0.15, -0.1) is 0 Å². The highest BCUT2D eigenvalue weighted by Crippen LogP contribution is 2.19. The van der Waals surface area contributed by atoms with Gasteiger partial charge in [0.25, 0.3) is 5.91 Å². The smallest absolute Gasteiger partial charge is 0.319 e. The van der Waals surface area contributed by atoms with Gasteiger partial charge in [0.05, 0.1) is 11.0 Å². The molecular weight excluding hydrogens is 631 g/mol. The highest BCUT2D eigenvalue weighted by atomic mass is 127. The minimum atomic E-state index is -0.219. The molecule has 0 unspecified atom stereocenters. The number of nitrogen functional groups attached to an aromatic ring is 1. The first-order chi connectivity index (χ1) is 19.7. The highest BCUT2D eigenvalue weighted by molar-refractivity contribution is 14.1. The van der Waals surface area contributed by atoms with Crippen molar-refractivity contribution in [3.8, 4) is 0 Å². The second kappa shape index (κ2) is 12.7. The van der Waals surface area contributed by atoms with E-state index in [9.17, 15) is 9.59 Å². The highest BCUT2D eigenvalue weighted by Gasteiger charge is 2.22. The van der Waals surface area contributed by atoms with Crippen molar-refractivity contribution in [3.63, 3.8) is 0 Å². The number of aryl methyl sites for hydroxylation is 3. The summed E-state index contributed by atoms with van der Waals surface area (Å²) in [4.78, 5) is 30.2. The quantitative estimate of drug-likeness (QED) is 0.109. The van der Waals surface area contributed by atoms with Gasteiger partial charge >= 0.3 is 6.03 Å². The maximum atomic E-state index is 13.0. The van der Waals surface area contributed by atoms with Gasteiger partial charge in [-0.1, -0.05) is 30.3 Å². The fourth-order valence-electron chi connectivity index (χ4n) is 4.98. The lowest BCUT2D eigenvalue weighted by Crippen LogP contribution is -2.51. The molecule has 4 aromatic rings. The van der Waals surface area contributed by atoms with Crippen LogP contribution in [0.15, 0.2) is 66.7 Å². The van der Waals surface area contributed by atoms with Crippen LogP contribution in [0.2, 0.25) is 0 Å². The number of piperidine rings is 1. The van der Waals surface area contributed by atoms with Crippen molar-refractivity contribution < 1.29 is 9.59 Å². The van der Waals surface area contributed by atoms with Gasteiger partial charge in [0, 0.05) is 53.0 Å². The number of nitrogens with zero attached hydrogens (tertiary/aromatic N) is 3. The van der Waals surface area contributed by atoms with Crippen LogP contribution in [0.5, 0.6) is 0 Å². The summed E-state index contributed by atoms with van der Waals surface area (Å²) in [7, 11) is 1.99. The van der Waals surface area contributed by atoms with E-state index in [2.05, 4.69) is 43.2 Å². The summed E-state index contributed by atoms with van der Waals surface area (Å²) in [6.07, 6.45) is 3.03. The normalized spacial score (nSPS) is 14.1. The van der Waals surface area contributed by atoms with Crippen molar-refractivity contribution >= 4 is 57.1 Å². The molecular formula is C30H33IN8O2. The Morgan fingerprint density at radius 1 is 1.02 bits per heavy atom. The van der Waals surface area contributed by atoms with Crippen LogP contribution < -0.4 is 21.8 Å². The summed E-state index contributed by atoms with van der Waals surface area (Å²) in [5.74, 6) is 0.827. The maximum Gasteiger partial charge on any atom is 0.319 e. The van der Waals surface area contributed by atoms with Crippen LogP contribution in [-0.4, -0.2) is 51.5 Å². The monoisotopic (exact) mass is 664 g/mol. The van der Waals surface area contributed by atoms with Crippen molar-refractivity contribution in [1.82, 2.24) is 25.3 Å². The number of urea groups is 1. The number of rotatable bonds is 8. The molecule has 0 aliphatic carbocycles. The van der Waals surface area contributed by atoms with Crippen molar-refractivity contribution in [1.29, 1.82) is 5.41 Å². The Morgan fingerprint density at radius 2 is 1.76 bits per heavy atom. The second-order valence-corrected chi connectivity index (χ2v) is 11.5. The second-order valence-electron chi connectivity index (χ2n) is 10.2. The van der Waals surface area contributed by atoms with Crippen LogP contribution in [0.3, 0.4) is 0 Å². The number of imidazole rings is 1. The van der Waals surface area contributed by atoms with Crippen LogP contribution in [0.4, 0.5) is 10.5 Å². The number of hydrogen-bond acceptors (Lipinski definition) is 5. The Labute approximate surface area is 252 Å². The summed E-state index contributed by atoms with van der Waals surface area (Å²) in [5, 5.41) is 15.4. The van der Waals surface area contributed by atoms with E-state index in [1.165, 1.54) is 0 Å². The molecule has 0 saturated carbocycles. The fourth-order valence-corrected chi connectivity index (χ4v) is 5.53. The molecule has 0 spiro atoms. The molecule has 212 valence electrons. The van der Waals surface area contributed by atoms with E-state index < -0.39 is 0 Å². The predicted molar refractivity (Wildman–Crippen MR) is 169 cm³/mol. The number of amidine groups is 1. The molecule has 0 radical (unpaired) electrons. The summed E-state index contributed by atoms with van der Waals surface area (Å²) < 4.78 is 3.12. The zero-order valence-corrected chi connectivity index (χ0v) is 24.9. The minimum absolute atomic E-state index is 0.0429. The molecule has 0 bridgehead atoms. The molecule has 41 heavy (non-hydrogen) atoms. The molecule has 6 N–H and O–H groups in total. The number of nitrogens with two attached hydrogens (primary N) is 1. The molecule has 2 heterocycles. The summed E-state index contributed by atoms with van der Waals surface area (Å²) in [6, 6.07) is 20.8. The summed E-state index contributed by atoms with van der Waals surface area (Å²) in [6.45, 7) is 1.28. The lowest BCUT2D eigenvalue weighted by molar-refractivity contribution is 0.0727. The largest absolute Gasteiger partial charge is 0.384 e. The SMILES string of the molecule is Cn1c(CCc2ccc(C(=N)N)cc2)nc2cc(C(=O)NN3CCC(NC(=O)Nc4cccc(I)c4)CC3)ccc21. The molecule has 5 rings (SSSR count). The minimum Gasteiger partial charge on any atom is -0.384 e. The van der Waals surface area contributed by atoms with E-state index in [1.807, 2.05) is 78.8 Å². The standard InChI is InChI=1S/C30H33IN8O2/c1-38-26-11-10-21(17-25(26)36-27(38)12-7-19-5-8-20(9-6-19)28(32)33)29(40)37-39-15-13-23(14-16-39)34-30(41)35-24-4-2-3-22(31)18-24/h2-6,8-11,17-18,23H,7,12-16H2,1H3,(H3,32,33)(H,37,40)(H2,34,35,41). The number of anilines is 1. The van der Waals surface area contributed by atoms with E-state index in [4.69, 9.17) is 16.1 Å². The van der Waals surface area contributed by atoms with E-state index in [0.29, 0.717) is 24.2 Å². The first kappa shape index (κ1) is 28.6. The molecule has 1 aromatic heterocycles. The number of carbonyl (C=O) groups is 2. The Bertz CT molecular complexity index is 1580. The topological polar surface area (TPSA) is 141 Å². The Kier molecular flexibility index (Phi) is 8.84. The fraction of sp³-hybridized carbons (Fsp3) is 0.267. The number of fused-ring (bicyclic) bond motifs is 1. The van der Waals surface area contributed by atoms with E-state index >= 15 is 0 Å². The molecule has 1 aliphatic rings. The predicted octanol–water partition coefficient (Wildman–Crippen LogP) is 4.18. The zero-order chi connectivity index (χ0) is 28.9. The van der Waals surface area contributed by atoms with Crippen LogP contribution in [-0.2, 0) is 19.9 Å². The van der Waals surface area contributed by atoms with Crippen molar-refractivity contribution in [2.24, 2.45) is 12.8 Å². The molecule has 1 saturated heterocycles. The molecule has 3 amide bonds. The number of amides is 3. The molecule has 1 aliphatic heterocycles. The molecule has 0 atom stereocenters. The number of nitrogens with one attached hydrogen (secondary N) is 4. The number of halogens is 1. The van der Waals surface area contributed by atoms with Gasteiger partial charge in [-0.05, 0) is 83.8 Å². The average Bonchev–Trinajstić information content (AvgIpc) is 3.27. The van der Waals surface area contributed by atoms with Crippen molar-refractivity contribution in [2.75, 3.05) is 18.4 Å². The van der Waals surface area contributed by atoms with Crippen molar-refractivity contribution in [3.05, 3.63) is 92.8 Å². The number of aromatic nitrogens is 2.